The minimum absolute atomic E-state index is 0.111. The first-order valence-corrected chi connectivity index (χ1v) is 5.67. The van der Waals surface area contributed by atoms with Crippen molar-refractivity contribution in [3.63, 3.8) is 0 Å². The smallest absolute Gasteiger partial charge is 0.228 e. The number of amides is 1. The summed E-state index contributed by atoms with van der Waals surface area (Å²) in [4.78, 5) is 11.6. The first kappa shape index (κ1) is 12.5. The van der Waals surface area contributed by atoms with E-state index in [2.05, 4.69) is 21.2 Å². The molecule has 82 valence electrons. The number of hydrogen-bond donors (Lipinski definition) is 2. The molecule has 1 unspecified atom stereocenters. The zero-order chi connectivity index (χ0) is 11.4. The molecule has 0 aliphatic rings. The van der Waals surface area contributed by atoms with Gasteiger partial charge in [0.2, 0.25) is 5.91 Å². The number of carbonyl (C=O) groups is 1. The fourth-order valence-corrected chi connectivity index (χ4v) is 1.47. The summed E-state index contributed by atoms with van der Waals surface area (Å²) in [6.45, 7) is 2.10. The number of hydrogen-bond acceptors (Lipinski definition) is 2. The van der Waals surface area contributed by atoms with E-state index in [9.17, 15) is 4.79 Å². The normalized spacial score (nSPS) is 12.3. The van der Waals surface area contributed by atoms with E-state index < -0.39 is 0 Å². The lowest BCUT2D eigenvalue weighted by molar-refractivity contribution is -0.119. The summed E-state index contributed by atoms with van der Waals surface area (Å²) in [5.41, 5.74) is 6.06. The molecule has 0 bridgehead atoms. The van der Waals surface area contributed by atoms with Crippen LogP contribution in [-0.2, 0) is 4.79 Å². The van der Waals surface area contributed by atoms with Crippen LogP contribution in [0.3, 0.4) is 0 Å². The summed E-state index contributed by atoms with van der Waals surface area (Å²) >= 11 is 9.14. The maximum Gasteiger partial charge on any atom is 0.228 e. The first-order chi connectivity index (χ1) is 7.04. The highest BCUT2D eigenvalue weighted by molar-refractivity contribution is 9.10. The Kier molecular flexibility index (Phi) is 4.57. The van der Waals surface area contributed by atoms with Crippen molar-refractivity contribution in [2.45, 2.75) is 6.92 Å². The van der Waals surface area contributed by atoms with E-state index in [1.807, 2.05) is 0 Å². The predicted octanol–water partition coefficient (Wildman–Crippen LogP) is 2.64. The Morgan fingerprint density at radius 3 is 2.93 bits per heavy atom. The van der Waals surface area contributed by atoms with Gasteiger partial charge in [-0.05, 0) is 34.1 Å². The van der Waals surface area contributed by atoms with Crippen LogP contribution < -0.4 is 11.1 Å². The highest BCUT2D eigenvalue weighted by Crippen LogP contribution is 2.26. The zero-order valence-corrected chi connectivity index (χ0v) is 10.6. The van der Waals surface area contributed by atoms with Gasteiger partial charge in [0, 0.05) is 22.0 Å². The molecule has 0 heterocycles. The monoisotopic (exact) mass is 290 g/mol. The molecule has 0 aliphatic carbocycles. The Bertz CT molecular complexity index is 370. The SMILES string of the molecule is CC(CN)C(=O)Nc1cc(Cl)ccc1Br. The highest BCUT2D eigenvalue weighted by Gasteiger charge is 2.12. The fourth-order valence-electron chi connectivity index (χ4n) is 0.956. The molecule has 0 saturated carbocycles. The number of nitrogens with one attached hydrogen (secondary N) is 1. The molecule has 0 aromatic heterocycles. The summed E-state index contributed by atoms with van der Waals surface area (Å²) in [6.07, 6.45) is 0. The van der Waals surface area contributed by atoms with Gasteiger partial charge in [-0.3, -0.25) is 4.79 Å². The molecule has 0 aliphatic heterocycles. The van der Waals surface area contributed by atoms with Gasteiger partial charge in [0.15, 0.2) is 0 Å². The van der Waals surface area contributed by atoms with Crippen molar-refractivity contribution in [2.75, 3.05) is 11.9 Å². The molecule has 3 N–H and O–H groups in total. The Hall–Kier alpha value is -0.580. The van der Waals surface area contributed by atoms with Gasteiger partial charge < -0.3 is 11.1 Å². The molecule has 1 amide bonds. The van der Waals surface area contributed by atoms with E-state index in [-0.39, 0.29) is 11.8 Å². The van der Waals surface area contributed by atoms with Crippen molar-refractivity contribution in [1.29, 1.82) is 0 Å². The lowest BCUT2D eigenvalue weighted by Crippen LogP contribution is -2.26. The van der Waals surface area contributed by atoms with Gasteiger partial charge in [0.05, 0.1) is 5.69 Å². The van der Waals surface area contributed by atoms with Crippen LogP contribution >= 0.6 is 27.5 Å². The average Bonchev–Trinajstić information content (AvgIpc) is 2.22. The largest absolute Gasteiger partial charge is 0.330 e. The minimum Gasteiger partial charge on any atom is -0.330 e. The average molecular weight is 292 g/mol. The molecule has 0 spiro atoms. The molecule has 1 aromatic rings. The van der Waals surface area contributed by atoms with Gasteiger partial charge in [-0.2, -0.15) is 0 Å². The van der Waals surface area contributed by atoms with Crippen LogP contribution in [-0.4, -0.2) is 12.5 Å². The molecular formula is C10H12BrClN2O. The van der Waals surface area contributed by atoms with Crippen LogP contribution in [0.1, 0.15) is 6.92 Å². The summed E-state index contributed by atoms with van der Waals surface area (Å²) < 4.78 is 0.796. The molecule has 0 saturated heterocycles. The predicted molar refractivity (Wildman–Crippen MR) is 66.0 cm³/mol. The maximum atomic E-state index is 11.6. The topological polar surface area (TPSA) is 55.1 Å². The van der Waals surface area contributed by atoms with E-state index in [0.29, 0.717) is 17.3 Å². The summed E-state index contributed by atoms with van der Waals surface area (Å²) in [6, 6.07) is 5.21. The van der Waals surface area contributed by atoms with Crippen LogP contribution in [0.4, 0.5) is 5.69 Å². The zero-order valence-electron chi connectivity index (χ0n) is 8.26. The quantitative estimate of drug-likeness (QED) is 0.899. The standard InChI is InChI=1S/C10H12BrClN2O/c1-6(5-13)10(15)14-9-4-7(12)2-3-8(9)11/h2-4,6H,5,13H2,1H3,(H,14,15). The second kappa shape index (κ2) is 5.49. The number of benzene rings is 1. The van der Waals surface area contributed by atoms with Crippen molar-refractivity contribution in [3.05, 3.63) is 27.7 Å². The van der Waals surface area contributed by atoms with Crippen molar-refractivity contribution in [3.8, 4) is 0 Å². The molecular weight excluding hydrogens is 279 g/mol. The van der Waals surface area contributed by atoms with E-state index in [4.69, 9.17) is 17.3 Å². The summed E-state index contributed by atoms with van der Waals surface area (Å²) in [5, 5.41) is 3.33. The van der Waals surface area contributed by atoms with E-state index >= 15 is 0 Å². The van der Waals surface area contributed by atoms with Gasteiger partial charge in [0.25, 0.3) is 0 Å². The van der Waals surface area contributed by atoms with E-state index in [0.717, 1.165) is 4.47 Å². The van der Waals surface area contributed by atoms with Crippen molar-refractivity contribution in [2.24, 2.45) is 11.7 Å². The van der Waals surface area contributed by atoms with Crippen LogP contribution in [0, 0.1) is 5.92 Å². The highest BCUT2D eigenvalue weighted by atomic mass is 79.9. The van der Waals surface area contributed by atoms with Crippen molar-refractivity contribution < 1.29 is 4.79 Å². The molecule has 1 atom stereocenters. The maximum absolute atomic E-state index is 11.6. The van der Waals surface area contributed by atoms with Gasteiger partial charge in [-0.1, -0.05) is 18.5 Å². The minimum atomic E-state index is -0.212. The number of halogens is 2. The van der Waals surface area contributed by atoms with Gasteiger partial charge in [0.1, 0.15) is 0 Å². The van der Waals surface area contributed by atoms with Crippen molar-refractivity contribution in [1.82, 2.24) is 0 Å². The number of carbonyl (C=O) groups excluding carboxylic acids is 1. The Labute approximate surface area is 102 Å². The van der Waals surface area contributed by atoms with E-state index in [1.54, 1.807) is 25.1 Å². The molecule has 3 nitrogen and oxygen atoms in total. The van der Waals surface area contributed by atoms with Crippen LogP contribution in [0.5, 0.6) is 0 Å². The third-order valence-electron chi connectivity index (χ3n) is 1.99. The Morgan fingerprint density at radius 1 is 1.67 bits per heavy atom. The Balaban J connectivity index is 2.80. The van der Waals surface area contributed by atoms with Crippen LogP contribution in [0.2, 0.25) is 5.02 Å². The summed E-state index contributed by atoms with van der Waals surface area (Å²) in [7, 11) is 0. The molecule has 0 radical (unpaired) electrons. The molecule has 15 heavy (non-hydrogen) atoms. The molecule has 0 fully saturated rings. The lowest BCUT2D eigenvalue weighted by atomic mass is 10.1. The fraction of sp³-hybridized carbons (Fsp3) is 0.300. The van der Waals surface area contributed by atoms with Crippen LogP contribution in [0.15, 0.2) is 22.7 Å². The van der Waals surface area contributed by atoms with Gasteiger partial charge >= 0.3 is 0 Å². The van der Waals surface area contributed by atoms with Gasteiger partial charge in [-0.25, -0.2) is 0 Å². The molecule has 1 rings (SSSR count). The third kappa shape index (κ3) is 3.48. The summed E-state index contributed by atoms with van der Waals surface area (Å²) in [5.74, 6) is -0.323. The second-order valence-electron chi connectivity index (χ2n) is 3.25. The number of rotatable bonds is 3. The third-order valence-corrected chi connectivity index (χ3v) is 2.91. The van der Waals surface area contributed by atoms with Gasteiger partial charge in [-0.15, -0.1) is 0 Å². The molecule has 1 aromatic carbocycles. The van der Waals surface area contributed by atoms with Crippen LogP contribution in [0.25, 0.3) is 0 Å². The van der Waals surface area contributed by atoms with E-state index in [1.165, 1.54) is 0 Å². The molecule has 5 heteroatoms. The Morgan fingerprint density at radius 2 is 2.33 bits per heavy atom. The number of nitrogens with two attached hydrogens (primary N) is 1. The van der Waals surface area contributed by atoms with Crippen molar-refractivity contribution >= 4 is 39.1 Å². The lowest BCUT2D eigenvalue weighted by Gasteiger charge is -2.11. The first-order valence-electron chi connectivity index (χ1n) is 4.50. The second-order valence-corrected chi connectivity index (χ2v) is 4.54. The number of anilines is 1.